The lowest BCUT2D eigenvalue weighted by molar-refractivity contribution is -0.135. The second-order valence-corrected chi connectivity index (χ2v) is 11.0. The summed E-state index contributed by atoms with van der Waals surface area (Å²) in [6.45, 7) is 1.60. The summed E-state index contributed by atoms with van der Waals surface area (Å²) in [5.41, 5.74) is 7.42. The number of hydrogen-bond acceptors (Lipinski definition) is 9. The number of ether oxygens (including phenoxy) is 1. The lowest BCUT2D eigenvalue weighted by Gasteiger charge is -2.30. The average molecular weight is 555 g/mol. The van der Waals surface area contributed by atoms with Crippen LogP contribution in [0.15, 0.2) is 52.3 Å². The molecule has 2 aromatic carbocycles. The maximum Gasteiger partial charge on any atom is 0.328 e. The number of aryl methyl sites for hydroxylation is 1. The van der Waals surface area contributed by atoms with Crippen LogP contribution in [0.2, 0.25) is 0 Å². The van der Waals surface area contributed by atoms with Gasteiger partial charge in [-0.3, -0.25) is 23.7 Å². The number of amides is 5. The van der Waals surface area contributed by atoms with Gasteiger partial charge in [-0.1, -0.05) is 46.9 Å². The summed E-state index contributed by atoms with van der Waals surface area (Å²) in [6.07, 6.45) is 0. The Balaban J connectivity index is 1.58. The van der Waals surface area contributed by atoms with Crippen molar-refractivity contribution in [3.8, 4) is 11.5 Å². The maximum atomic E-state index is 13.3. The molecule has 1 fully saturated rings. The second kappa shape index (κ2) is 9.65. The number of nitrogens with zero attached hydrogens (tertiary/aromatic N) is 2. The summed E-state index contributed by atoms with van der Waals surface area (Å²) >= 11 is 1.82. The Morgan fingerprint density at radius 3 is 2.47 bits per heavy atom. The Kier molecular flexibility index (Phi) is 6.49. The fraction of sp³-hybridized carbons (Fsp3) is 0.240. The zero-order valence-electron chi connectivity index (χ0n) is 20.2. The molecule has 2 unspecified atom stereocenters. The number of fused-ring (bicyclic) bond motifs is 2. The summed E-state index contributed by atoms with van der Waals surface area (Å²) in [5.74, 6) is -3.87. The smallest absolute Gasteiger partial charge is 0.328 e. The molecule has 0 aliphatic carbocycles. The normalized spacial score (nSPS) is 20.2. The molecule has 2 aliphatic heterocycles. The predicted octanol–water partition coefficient (Wildman–Crippen LogP) is 2.24. The first-order valence-electron chi connectivity index (χ1n) is 11.4. The van der Waals surface area contributed by atoms with Gasteiger partial charge in [0.1, 0.15) is 11.8 Å². The van der Waals surface area contributed by atoms with Crippen molar-refractivity contribution in [3.63, 3.8) is 0 Å². The molecule has 0 bridgehead atoms. The van der Waals surface area contributed by atoms with E-state index in [0.717, 1.165) is 28.7 Å². The lowest BCUT2D eigenvalue weighted by atomic mass is 9.83. The molecule has 3 heterocycles. The van der Waals surface area contributed by atoms with E-state index in [1.54, 1.807) is 18.2 Å². The number of urea groups is 1. The molecule has 11 nitrogen and oxygen atoms in total. The Morgan fingerprint density at radius 1 is 1.11 bits per heavy atom. The molecule has 3 atom stereocenters. The Hall–Kier alpha value is -4.10. The molecule has 196 valence electrons. The van der Waals surface area contributed by atoms with E-state index in [4.69, 9.17) is 10.5 Å². The van der Waals surface area contributed by atoms with Gasteiger partial charge in [-0.05, 0) is 36.8 Å². The van der Waals surface area contributed by atoms with Crippen molar-refractivity contribution in [2.75, 3.05) is 12.4 Å². The van der Waals surface area contributed by atoms with Crippen molar-refractivity contribution in [1.29, 1.82) is 0 Å². The number of nitrogens with one attached hydrogen (secondary N) is 1. The predicted molar refractivity (Wildman–Crippen MR) is 139 cm³/mol. The van der Waals surface area contributed by atoms with E-state index >= 15 is 0 Å². The minimum atomic E-state index is -1.18. The molecule has 0 spiro atoms. The molecule has 1 saturated heterocycles. The van der Waals surface area contributed by atoms with E-state index in [9.17, 15) is 29.1 Å². The fourth-order valence-electron chi connectivity index (χ4n) is 4.70. The van der Waals surface area contributed by atoms with Gasteiger partial charge in [0, 0.05) is 16.5 Å². The highest BCUT2D eigenvalue weighted by Crippen LogP contribution is 2.53. The molecule has 1 aromatic heterocycles. The van der Waals surface area contributed by atoms with Gasteiger partial charge in [0.2, 0.25) is 11.8 Å². The number of likely N-dealkylation sites (tertiary alicyclic amines) is 1. The van der Waals surface area contributed by atoms with E-state index in [-0.39, 0.29) is 18.0 Å². The second-order valence-electron chi connectivity index (χ2n) is 8.86. The number of rotatable bonds is 5. The Bertz CT molecular complexity index is 1550. The molecule has 13 heteroatoms. The summed E-state index contributed by atoms with van der Waals surface area (Å²) in [4.78, 5) is 64.8. The Morgan fingerprint density at radius 2 is 1.82 bits per heavy atom. The van der Waals surface area contributed by atoms with E-state index < -0.39 is 45.7 Å². The van der Waals surface area contributed by atoms with Gasteiger partial charge in [-0.2, -0.15) is 4.90 Å². The summed E-state index contributed by atoms with van der Waals surface area (Å²) in [7, 11) is 1.37. The molecule has 5 amide bonds. The third kappa shape index (κ3) is 4.23. The minimum absolute atomic E-state index is 0.131. The van der Waals surface area contributed by atoms with Crippen molar-refractivity contribution in [1.82, 2.24) is 9.47 Å². The van der Waals surface area contributed by atoms with Gasteiger partial charge in [0.25, 0.3) is 5.91 Å². The lowest BCUT2D eigenvalue weighted by Crippen LogP contribution is -2.41. The highest BCUT2D eigenvalue weighted by Gasteiger charge is 2.58. The van der Waals surface area contributed by atoms with Gasteiger partial charge in [-0.15, -0.1) is 0 Å². The van der Waals surface area contributed by atoms with E-state index in [0.29, 0.717) is 26.1 Å². The van der Waals surface area contributed by atoms with Crippen LogP contribution < -0.4 is 20.7 Å². The number of carbonyl (C=O) groups excluding carboxylic acids is 4. The number of phenolic OH excluding ortho intramolecular Hbond substituents is 1. The molecular weight excluding hydrogens is 532 g/mol. The quantitative estimate of drug-likeness (QED) is 0.405. The number of aromatic hydroxyl groups is 1. The van der Waals surface area contributed by atoms with E-state index in [1.165, 1.54) is 23.8 Å². The molecule has 0 saturated carbocycles. The number of thiazole rings is 1. The fourth-order valence-corrected chi connectivity index (χ4v) is 7.47. The monoisotopic (exact) mass is 554 g/mol. The van der Waals surface area contributed by atoms with Gasteiger partial charge < -0.3 is 20.9 Å². The number of benzene rings is 2. The van der Waals surface area contributed by atoms with Gasteiger partial charge in [-0.25, -0.2) is 4.79 Å². The highest BCUT2D eigenvalue weighted by molar-refractivity contribution is 8.00. The molecule has 5 rings (SSSR count). The SMILES string of the molecule is COc1cc([C@@H]2c3sc(=O)n(CC(=O)Nc4ccc(C)cc4)c3SC3C(=O)N(C(N)=O)C(=O)C32)ccc1O. The van der Waals surface area contributed by atoms with Crippen molar-refractivity contribution >= 4 is 52.5 Å². The topological polar surface area (TPSA) is 161 Å². The van der Waals surface area contributed by atoms with Crippen LogP contribution in [0.25, 0.3) is 0 Å². The van der Waals surface area contributed by atoms with Gasteiger partial charge in [0.15, 0.2) is 11.5 Å². The number of primary amides is 1. The van der Waals surface area contributed by atoms with Crippen LogP contribution in [-0.4, -0.2) is 50.7 Å². The van der Waals surface area contributed by atoms with Crippen LogP contribution in [0.5, 0.6) is 11.5 Å². The Labute approximate surface area is 224 Å². The number of thioether (sulfide) groups is 1. The number of imide groups is 3. The maximum absolute atomic E-state index is 13.3. The van der Waals surface area contributed by atoms with Crippen molar-refractivity contribution in [3.05, 3.63) is 68.1 Å². The van der Waals surface area contributed by atoms with Crippen LogP contribution in [-0.2, 0) is 20.9 Å². The highest BCUT2D eigenvalue weighted by atomic mass is 32.2. The van der Waals surface area contributed by atoms with Crippen LogP contribution in [0, 0.1) is 12.8 Å². The first-order chi connectivity index (χ1) is 18.1. The molecule has 38 heavy (non-hydrogen) atoms. The minimum Gasteiger partial charge on any atom is -0.504 e. The van der Waals surface area contributed by atoms with Gasteiger partial charge >= 0.3 is 10.9 Å². The first-order valence-corrected chi connectivity index (χ1v) is 13.1. The number of methoxy groups -OCH3 is 1. The largest absolute Gasteiger partial charge is 0.504 e. The molecule has 0 radical (unpaired) electrons. The molecule has 3 aromatic rings. The van der Waals surface area contributed by atoms with E-state index in [2.05, 4.69) is 5.32 Å². The summed E-state index contributed by atoms with van der Waals surface area (Å²) in [5, 5.41) is 12.1. The van der Waals surface area contributed by atoms with Crippen molar-refractivity contribution in [2.45, 2.75) is 29.7 Å². The zero-order chi connectivity index (χ0) is 27.3. The van der Waals surface area contributed by atoms with Crippen LogP contribution in [0.1, 0.15) is 21.9 Å². The number of carbonyl (C=O) groups is 4. The molecule has 4 N–H and O–H groups in total. The first kappa shape index (κ1) is 25.5. The van der Waals surface area contributed by atoms with Gasteiger partial charge in [0.05, 0.1) is 18.1 Å². The third-order valence-electron chi connectivity index (χ3n) is 6.47. The average Bonchev–Trinajstić information content (AvgIpc) is 3.32. The third-order valence-corrected chi connectivity index (χ3v) is 9.07. The number of hydrogen-bond donors (Lipinski definition) is 3. The number of phenols is 1. The zero-order valence-corrected chi connectivity index (χ0v) is 21.8. The van der Waals surface area contributed by atoms with Crippen LogP contribution >= 0.6 is 23.1 Å². The number of anilines is 1. The van der Waals surface area contributed by atoms with E-state index in [1.807, 2.05) is 19.1 Å². The molecule has 2 aliphatic rings. The molecular formula is C25H22N4O7S2. The van der Waals surface area contributed by atoms with Crippen LogP contribution in [0.4, 0.5) is 10.5 Å². The van der Waals surface area contributed by atoms with Crippen molar-refractivity contribution in [2.24, 2.45) is 11.7 Å². The standard InChI is InChI=1S/C25H22N4O7S2/c1-11-3-6-13(7-4-11)27-16(31)10-28-23-20(38-25(28)35)17(12-5-8-14(30)15(9-12)36-2)18-19(37-23)22(33)29(21(18)32)24(26)34/h3-9,17-19,30H,10H2,1-2H3,(H2,26,34)(H,27,31)/t17-,18?,19?/m0/s1. The summed E-state index contributed by atoms with van der Waals surface area (Å²) < 4.78 is 6.48. The van der Waals surface area contributed by atoms with Crippen LogP contribution in [0.3, 0.4) is 0 Å². The van der Waals surface area contributed by atoms with Crippen molar-refractivity contribution < 1.29 is 29.0 Å². The summed E-state index contributed by atoms with van der Waals surface area (Å²) in [6, 6.07) is 10.4. The number of nitrogens with two attached hydrogens (primary N) is 1. The number of aromatic nitrogens is 1.